The van der Waals surface area contributed by atoms with E-state index in [1.807, 2.05) is 56.4 Å². The van der Waals surface area contributed by atoms with Crippen molar-refractivity contribution in [1.82, 2.24) is 4.90 Å². The van der Waals surface area contributed by atoms with Gasteiger partial charge in [0.15, 0.2) is 0 Å². The minimum absolute atomic E-state index is 0.0494. The van der Waals surface area contributed by atoms with Crippen LogP contribution in [0.3, 0.4) is 0 Å². The lowest BCUT2D eigenvalue weighted by Gasteiger charge is -2.16. The number of hydrogen-bond donors (Lipinski definition) is 2. The molecule has 2 aromatic carbocycles. The number of hydrogen-bond acceptors (Lipinski definition) is 3. The van der Waals surface area contributed by atoms with Gasteiger partial charge in [0.05, 0.1) is 11.1 Å². The van der Waals surface area contributed by atoms with Gasteiger partial charge in [-0.1, -0.05) is 36.4 Å². The average molecular weight is 341 g/mol. The quantitative estimate of drug-likeness (QED) is 0.895. The van der Waals surface area contributed by atoms with Gasteiger partial charge in [0, 0.05) is 5.92 Å². The minimum atomic E-state index is -1.20. The second-order valence-electron chi connectivity index (χ2n) is 6.51. The average Bonchev–Trinajstić information content (AvgIpc) is 2.97. The van der Waals surface area contributed by atoms with Crippen molar-refractivity contribution < 1.29 is 19.8 Å². The predicted molar refractivity (Wildman–Crippen MR) is 96.6 cm³/mol. The van der Waals surface area contributed by atoms with E-state index in [0.29, 0.717) is 5.56 Å². The van der Waals surface area contributed by atoms with Gasteiger partial charge in [0.25, 0.3) is 0 Å². The molecule has 25 heavy (non-hydrogen) atoms. The summed E-state index contributed by atoms with van der Waals surface area (Å²) in [6.45, 7) is 0. The molecule has 0 aromatic heterocycles. The fourth-order valence-electron chi connectivity index (χ4n) is 3.15. The Morgan fingerprint density at radius 2 is 1.56 bits per heavy atom. The molecule has 5 heteroatoms. The molecule has 0 spiro atoms. The van der Waals surface area contributed by atoms with E-state index in [0.717, 1.165) is 24.0 Å². The Balaban J connectivity index is 0.000000511. The number of carboxylic acid groups (broad SMARTS) is 2. The molecule has 5 nitrogen and oxygen atoms in total. The Labute approximate surface area is 147 Å². The summed E-state index contributed by atoms with van der Waals surface area (Å²) < 4.78 is 0. The number of rotatable bonds is 3. The van der Waals surface area contributed by atoms with Crippen LogP contribution in [0.2, 0.25) is 0 Å². The van der Waals surface area contributed by atoms with Crippen LogP contribution >= 0.6 is 0 Å². The third-order valence-corrected chi connectivity index (χ3v) is 4.03. The van der Waals surface area contributed by atoms with E-state index in [1.54, 1.807) is 6.07 Å². The van der Waals surface area contributed by atoms with Crippen LogP contribution in [0.25, 0.3) is 0 Å². The fraction of sp³-hybridized carbons (Fsp3) is 0.300. The van der Waals surface area contributed by atoms with E-state index in [4.69, 9.17) is 0 Å². The second kappa shape index (κ2) is 7.94. The summed E-state index contributed by atoms with van der Waals surface area (Å²) >= 11 is 0. The van der Waals surface area contributed by atoms with Crippen molar-refractivity contribution in [1.29, 1.82) is 0 Å². The molecular weight excluding hydrogens is 318 g/mol. The molecule has 1 aliphatic carbocycles. The molecule has 3 rings (SSSR count). The third-order valence-electron chi connectivity index (χ3n) is 4.03. The normalized spacial score (nSPS) is 15.3. The van der Waals surface area contributed by atoms with Crippen LogP contribution in [-0.4, -0.2) is 48.2 Å². The van der Waals surface area contributed by atoms with Crippen LogP contribution in [0, 0.1) is 0 Å². The number of benzene rings is 2. The first-order chi connectivity index (χ1) is 11.8. The van der Waals surface area contributed by atoms with Gasteiger partial charge in [-0.3, -0.25) is 0 Å². The lowest BCUT2D eigenvalue weighted by atomic mass is 9.87. The zero-order valence-electron chi connectivity index (χ0n) is 14.7. The number of carboxylic acids is 2. The topological polar surface area (TPSA) is 77.8 Å². The Morgan fingerprint density at radius 3 is 2.08 bits per heavy atom. The number of carbonyl (C=O) groups is 2. The van der Waals surface area contributed by atoms with Gasteiger partial charge < -0.3 is 15.1 Å². The van der Waals surface area contributed by atoms with Gasteiger partial charge in [0.2, 0.25) is 0 Å². The molecule has 0 amide bonds. The number of aromatic carboxylic acids is 2. The molecule has 2 aromatic rings. The molecular formula is C20H23NO4. The van der Waals surface area contributed by atoms with Crippen molar-refractivity contribution in [3.63, 3.8) is 0 Å². The fourth-order valence-corrected chi connectivity index (χ4v) is 3.15. The van der Waals surface area contributed by atoms with Gasteiger partial charge in [-0.15, -0.1) is 0 Å². The van der Waals surface area contributed by atoms with Crippen molar-refractivity contribution >= 4 is 11.9 Å². The monoisotopic (exact) mass is 341 g/mol. The molecule has 0 heterocycles. The van der Waals surface area contributed by atoms with E-state index in [1.165, 1.54) is 6.07 Å². The summed E-state index contributed by atoms with van der Waals surface area (Å²) in [5.41, 5.74) is 2.43. The van der Waals surface area contributed by atoms with Crippen molar-refractivity contribution in [3.05, 3.63) is 70.3 Å². The Kier molecular flexibility index (Phi) is 5.93. The van der Waals surface area contributed by atoms with Crippen LogP contribution < -0.4 is 0 Å². The molecule has 2 N–H and O–H groups in total. The SMILES string of the molecule is CN(C)C.O=C(O)c1ccc2c(c1C(=O)O)C(c1ccccc1)CC2. The first-order valence-corrected chi connectivity index (χ1v) is 8.11. The minimum Gasteiger partial charge on any atom is -0.478 e. The summed E-state index contributed by atoms with van der Waals surface area (Å²) in [5.74, 6) is -2.42. The molecule has 0 aliphatic heterocycles. The summed E-state index contributed by atoms with van der Waals surface area (Å²) in [5, 5.41) is 18.7. The Bertz CT molecular complexity index is 766. The Morgan fingerprint density at radius 1 is 0.960 bits per heavy atom. The molecule has 0 saturated carbocycles. The van der Waals surface area contributed by atoms with Gasteiger partial charge >= 0.3 is 11.9 Å². The first-order valence-electron chi connectivity index (χ1n) is 8.11. The van der Waals surface area contributed by atoms with E-state index in [9.17, 15) is 19.8 Å². The zero-order chi connectivity index (χ0) is 18.6. The summed E-state index contributed by atoms with van der Waals surface area (Å²) in [4.78, 5) is 24.9. The van der Waals surface area contributed by atoms with Crippen LogP contribution in [0.1, 0.15) is 49.7 Å². The Hall–Kier alpha value is -2.66. The van der Waals surface area contributed by atoms with Gasteiger partial charge in [0.1, 0.15) is 0 Å². The highest BCUT2D eigenvalue weighted by atomic mass is 16.4. The zero-order valence-corrected chi connectivity index (χ0v) is 14.7. The largest absolute Gasteiger partial charge is 0.478 e. The van der Waals surface area contributed by atoms with Crippen LogP contribution in [-0.2, 0) is 6.42 Å². The summed E-state index contributed by atoms with van der Waals surface area (Å²) in [7, 11) is 6.00. The molecule has 1 unspecified atom stereocenters. The van der Waals surface area contributed by atoms with E-state index in [-0.39, 0.29) is 17.0 Å². The smallest absolute Gasteiger partial charge is 0.336 e. The van der Waals surface area contributed by atoms with E-state index < -0.39 is 11.9 Å². The molecule has 0 radical (unpaired) electrons. The number of nitrogens with zero attached hydrogens (tertiary/aromatic N) is 1. The summed E-state index contributed by atoms with van der Waals surface area (Å²) in [6, 6.07) is 12.8. The van der Waals surface area contributed by atoms with E-state index >= 15 is 0 Å². The lowest BCUT2D eigenvalue weighted by molar-refractivity contribution is 0.0650. The number of aryl methyl sites for hydroxylation is 1. The molecule has 1 atom stereocenters. The van der Waals surface area contributed by atoms with Gasteiger partial charge in [-0.05, 0) is 56.7 Å². The van der Waals surface area contributed by atoms with Gasteiger partial charge in [-0.2, -0.15) is 0 Å². The van der Waals surface area contributed by atoms with Gasteiger partial charge in [-0.25, -0.2) is 9.59 Å². The summed E-state index contributed by atoms with van der Waals surface area (Å²) in [6.07, 6.45) is 1.58. The van der Waals surface area contributed by atoms with Crippen molar-refractivity contribution in [2.75, 3.05) is 21.1 Å². The predicted octanol–water partition coefficient (Wildman–Crippen LogP) is 3.34. The standard InChI is InChI=1S/C17H14O4.C3H9N/c18-16(19)13-9-7-11-6-8-12(10-4-2-1-3-5-10)14(11)15(13)17(20)21;1-4(2)3/h1-5,7,9,12H,6,8H2,(H,18,19)(H,20,21);1-3H3. The van der Waals surface area contributed by atoms with Crippen LogP contribution in [0.4, 0.5) is 0 Å². The van der Waals surface area contributed by atoms with Crippen LogP contribution in [0.15, 0.2) is 42.5 Å². The van der Waals surface area contributed by atoms with Crippen molar-refractivity contribution in [3.8, 4) is 0 Å². The third kappa shape index (κ3) is 4.25. The van der Waals surface area contributed by atoms with Crippen molar-refractivity contribution in [2.45, 2.75) is 18.8 Å². The maximum absolute atomic E-state index is 11.6. The maximum Gasteiger partial charge on any atom is 0.336 e. The highest BCUT2D eigenvalue weighted by Crippen LogP contribution is 2.41. The lowest BCUT2D eigenvalue weighted by Crippen LogP contribution is -2.13. The first kappa shape index (κ1) is 18.7. The van der Waals surface area contributed by atoms with Crippen LogP contribution in [0.5, 0.6) is 0 Å². The second-order valence-corrected chi connectivity index (χ2v) is 6.51. The maximum atomic E-state index is 11.6. The number of fused-ring (bicyclic) bond motifs is 1. The van der Waals surface area contributed by atoms with Crippen molar-refractivity contribution in [2.24, 2.45) is 0 Å². The molecule has 0 fully saturated rings. The van der Waals surface area contributed by atoms with E-state index in [2.05, 4.69) is 0 Å². The highest BCUT2D eigenvalue weighted by Gasteiger charge is 2.32. The highest BCUT2D eigenvalue weighted by molar-refractivity contribution is 6.03. The molecule has 132 valence electrons. The molecule has 0 saturated heterocycles. The molecule has 0 bridgehead atoms. The molecule has 1 aliphatic rings.